The van der Waals surface area contributed by atoms with Crippen LogP contribution in [-0.4, -0.2) is 63.4 Å². The molecule has 0 radical (unpaired) electrons. The van der Waals surface area contributed by atoms with Crippen molar-refractivity contribution in [2.24, 2.45) is 0 Å². The Morgan fingerprint density at radius 2 is 1.72 bits per heavy atom. The molecule has 29 heavy (non-hydrogen) atoms. The number of aliphatic hydroxyl groups excluding tert-OH is 1. The molecule has 1 aliphatic heterocycles. The Morgan fingerprint density at radius 1 is 1.10 bits per heavy atom. The molecular formula is C8H14N3O15P3. The number of hydrogen-bond acceptors (Lipinski definition) is 12. The molecule has 5 atom stereocenters. The van der Waals surface area contributed by atoms with Crippen molar-refractivity contribution in [3.63, 3.8) is 0 Å². The molecule has 1 aromatic rings. The van der Waals surface area contributed by atoms with Crippen LogP contribution in [0.15, 0.2) is 21.9 Å². The van der Waals surface area contributed by atoms with E-state index in [0.717, 1.165) is 12.3 Å². The van der Waals surface area contributed by atoms with E-state index in [1.54, 1.807) is 0 Å². The highest BCUT2D eigenvalue weighted by molar-refractivity contribution is 7.66. The van der Waals surface area contributed by atoms with E-state index in [9.17, 15) is 38.5 Å². The third kappa shape index (κ3) is 6.71. The summed E-state index contributed by atoms with van der Waals surface area (Å²) in [6.07, 6.45) is -4.39. The van der Waals surface area contributed by atoms with Gasteiger partial charge in [-0.2, -0.15) is 8.62 Å². The third-order valence-electron chi connectivity index (χ3n) is 3.03. The topological polar surface area (TPSA) is 268 Å². The molecule has 166 valence electrons. The molecule has 2 rings (SSSR count). The van der Waals surface area contributed by atoms with Crippen molar-refractivity contribution in [1.82, 2.24) is 14.6 Å². The maximum Gasteiger partial charge on any atom is 0.490 e. The molecule has 1 aliphatic rings. The minimum absolute atomic E-state index is 0.0880. The number of aliphatic hydroxyl groups is 1. The van der Waals surface area contributed by atoms with Gasteiger partial charge in [0, 0.05) is 12.3 Å². The molecule has 2 heterocycles. The zero-order valence-corrected chi connectivity index (χ0v) is 16.4. The molecular weight excluding hydrogens is 471 g/mol. The van der Waals surface area contributed by atoms with Crippen molar-refractivity contribution in [3.8, 4) is 0 Å². The summed E-state index contributed by atoms with van der Waals surface area (Å²) in [4.78, 5) is 59.8. The number of H-pyrrole nitrogens is 1. The molecule has 0 amide bonds. The van der Waals surface area contributed by atoms with Crippen LogP contribution in [0.4, 0.5) is 0 Å². The average molecular weight is 485 g/mol. The van der Waals surface area contributed by atoms with Gasteiger partial charge in [0.2, 0.25) is 6.35 Å². The first-order valence-corrected chi connectivity index (χ1v) is 11.5. The number of nitrogens with zero attached hydrogens (tertiary/aromatic N) is 2. The van der Waals surface area contributed by atoms with Crippen LogP contribution in [-0.2, 0) is 31.6 Å². The summed E-state index contributed by atoms with van der Waals surface area (Å²) < 4.78 is 50.4. The summed E-state index contributed by atoms with van der Waals surface area (Å²) in [6, 6.07) is 0.893. The fraction of sp³-hybridized carbons (Fsp3) is 0.500. The first-order chi connectivity index (χ1) is 13.1. The molecule has 18 nitrogen and oxygen atoms in total. The van der Waals surface area contributed by atoms with Crippen molar-refractivity contribution in [2.75, 3.05) is 6.61 Å². The van der Waals surface area contributed by atoms with Crippen LogP contribution >= 0.6 is 23.5 Å². The van der Waals surface area contributed by atoms with Crippen LogP contribution in [0.25, 0.3) is 0 Å². The Morgan fingerprint density at radius 3 is 2.28 bits per heavy atom. The quantitative estimate of drug-likeness (QED) is 0.192. The normalized spacial score (nSPS) is 27.4. The van der Waals surface area contributed by atoms with E-state index >= 15 is 0 Å². The maximum atomic E-state index is 11.7. The van der Waals surface area contributed by atoms with Gasteiger partial charge in [0.25, 0.3) is 5.56 Å². The Kier molecular flexibility index (Phi) is 7.16. The summed E-state index contributed by atoms with van der Waals surface area (Å²) in [5.41, 5.74) is -1.80. The van der Waals surface area contributed by atoms with Gasteiger partial charge in [0.15, 0.2) is 6.23 Å². The van der Waals surface area contributed by atoms with Crippen molar-refractivity contribution < 1.29 is 61.5 Å². The zero-order chi connectivity index (χ0) is 22.2. The SMILES string of the molecule is O=c1ccn([C@@H]2O[C@H](COP(=O)(O)OP(=O)(O)OP(=O)(O)O)[C@@H](O)N2O)c(=O)[nH]1. The van der Waals surface area contributed by atoms with Gasteiger partial charge in [-0.15, -0.1) is 5.06 Å². The van der Waals surface area contributed by atoms with E-state index in [1.807, 2.05) is 4.98 Å². The van der Waals surface area contributed by atoms with Crippen LogP contribution in [0, 0.1) is 0 Å². The molecule has 2 unspecified atom stereocenters. The van der Waals surface area contributed by atoms with E-state index < -0.39 is 60.0 Å². The second kappa shape index (κ2) is 8.58. The summed E-state index contributed by atoms with van der Waals surface area (Å²) in [5.74, 6) is 0. The van der Waals surface area contributed by atoms with Crippen LogP contribution < -0.4 is 11.2 Å². The lowest BCUT2D eigenvalue weighted by Gasteiger charge is -2.19. The van der Waals surface area contributed by atoms with Crippen molar-refractivity contribution >= 4 is 23.5 Å². The van der Waals surface area contributed by atoms with Gasteiger partial charge in [-0.3, -0.25) is 18.9 Å². The number of hydroxylamine groups is 2. The number of phosphoric ester groups is 1. The number of hydrogen-bond donors (Lipinski definition) is 7. The second-order valence-corrected chi connectivity index (χ2v) is 9.62. The predicted molar refractivity (Wildman–Crippen MR) is 84.7 cm³/mol. The van der Waals surface area contributed by atoms with Crippen LogP contribution in [0.3, 0.4) is 0 Å². The highest BCUT2D eigenvalue weighted by atomic mass is 31.3. The molecule has 1 aromatic heterocycles. The van der Waals surface area contributed by atoms with Crippen LogP contribution in [0.2, 0.25) is 0 Å². The molecule has 0 aliphatic carbocycles. The molecule has 1 fully saturated rings. The van der Waals surface area contributed by atoms with Gasteiger partial charge < -0.3 is 34.6 Å². The van der Waals surface area contributed by atoms with Gasteiger partial charge in [-0.25, -0.2) is 18.5 Å². The summed E-state index contributed by atoms with van der Waals surface area (Å²) in [6.45, 7) is -1.09. The molecule has 1 saturated heterocycles. The summed E-state index contributed by atoms with van der Waals surface area (Å²) in [7, 11) is -16.8. The lowest BCUT2D eigenvalue weighted by Crippen LogP contribution is -2.39. The third-order valence-corrected chi connectivity index (χ3v) is 6.84. The standard InChI is InChI=1S/C8H14N3O15P3/c12-5-1-2-10(7(14)9-5)8-11(15)6(13)4(24-8)3-23-28(19,20)26-29(21,22)25-27(16,17)18/h1-2,4,6,8,13,15H,3H2,(H,19,20)(H,21,22)(H,9,12,14)(H2,16,17,18)/t4-,6-,8+/m1/s1. The highest BCUT2D eigenvalue weighted by Gasteiger charge is 2.45. The fourth-order valence-electron chi connectivity index (χ4n) is 1.98. The number of nitrogens with one attached hydrogen (secondary N) is 1. The summed E-state index contributed by atoms with van der Waals surface area (Å²) in [5, 5.41) is 19.8. The lowest BCUT2D eigenvalue weighted by molar-refractivity contribution is -0.236. The van der Waals surface area contributed by atoms with E-state index in [4.69, 9.17) is 19.4 Å². The Bertz CT molecular complexity index is 999. The lowest BCUT2D eigenvalue weighted by atomic mass is 10.3. The van der Waals surface area contributed by atoms with E-state index in [-0.39, 0.29) is 5.06 Å². The average Bonchev–Trinajstić information content (AvgIpc) is 2.78. The molecule has 0 aromatic carbocycles. The van der Waals surface area contributed by atoms with Gasteiger partial charge in [-0.05, 0) is 0 Å². The highest BCUT2D eigenvalue weighted by Crippen LogP contribution is 2.66. The first-order valence-electron chi connectivity index (χ1n) is 7.01. The number of rotatable bonds is 8. The zero-order valence-electron chi connectivity index (χ0n) is 13.7. The predicted octanol–water partition coefficient (Wildman–Crippen LogP) is -2.26. The second-order valence-electron chi connectivity index (χ2n) is 5.20. The molecule has 0 saturated carbocycles. The van der Waals surface area contributed by atoms with Gasteiger partial charge in [0.05, 0.1) is 6.61 Å². The monoisotopic (exact) mass is 485 g/mol. The molecule has 0 bridgehead atoms. The largest absolute Gasteiger partial charge is 0.490 e. The molecule has 21 heteroatoms. The van der Waals surface area contributed by atoms with Crippen LogP contribution in [0.5, 0.6) is 0 Å². The fourth-order valence-corrected chi connectivity index (χ4v) is 5.01. The Balaban J connectivity index is 2.06. The summed E-state index contributed by atoms with van der Waals surface area (Å²) >= 11 is 0. The molecule has 0 spiro atoms. The number of ether oxygens (including phenoxy) is 1. The first kappa shape index (κ1) is 24.2. The van der Waals surface area contributed by atoms with Gasteiger partial charge >= 0.3 is 29.2 Å². The van der Waals surface area contributed by atoms with E-state index in [0.29, 0.717) is 4.57 Å². The number of phosphoric acid groups is 3. The Labute approximate surface area is 158 Å². The Hall–Kier alpha value is -1.07. The number of aromatic amines is 1. The van der Waals surface area contributed by atoms with Gasteiger partial charge in [-0.1, -0.05) is 0 Å². The smallest absolute Gasteiger partial charge is 0.373 e. The number of aromatic nitrogens is 2. The van der Waals surface area contributed by atoms with Crippen molar-refractivity contribution in [2.45, 2.75) is 18.7 Å². The van der Waals surface area contributed by atoms with E-state index in [1.165, 1.54) is 0 Å². The van der Waals surface area contributed by atoms with Crippen molar-refractivity contribution in [1.29, 1.82) is 0 Å². The molecule has 7 N–H and O–H groups in total. The minimum Gasteiger partial charge on any atom is -0.373 e. The van der Waals surface area contributed by atoms with Crippen LogP contribution in [0.1, 0.15) is 6.35 Å². The van der Waals surface area contributed by atoms with Gasteiger partial charge in [0.1, 0.15) is 6.10 Å². The van der Waals surface area contributed by atoms with E-state index in [2.05, 4.69) is 13.1 Å². The van der Waals surface area contributed by atoms with Crippen molar-refractivity contribution in [3.05, 3.63) is 33.1 Å². The minimum atomic E-state index is -5.74. The maximum absolute atomic E-state index is 11.7.